The Hall–Kier alpha value is -2.99. The minimum atomic E-state index is -0.232. The average molecular weight is 370 g/mol. The second kappa shape index (κ2) is 7.93. The van der Waals surface area contributed by atoms with Gasteiger partial charge in [-0.25, -0.2) is 0 Å². The van der Waals surface area contributed by atoms with Gasteiger partial charge in [-0.05, 0) is 43.3 Å². The summed E-state index contributed by atoms with van der Waals surface area (Å²) in [5, 5.41) is 7.28. The molecule has 0 aliphatic rings. The molecule has 1 aromatic heterocycles. The smallest absolute Gasteiger partial charge is 0.227 e. The third-order valence-corrected chi connectivity index (χ3v) is 3.97. The first-order valence-electron chi connectivity index (χ1n) is 8.01. The third kappa shape index (κ3) is 4.34. The molecule has 0 aliphatic heterocycles. The fraction of sp³-hybridized carbons (Fsp3) is 0.158. The lowest BCUT2D eigenvalue weighted by molar-refractivity contribution is -0.116. The van der Waals surface area contributed by atoms with E-state index in [-0.39, 0.29) is 18.1 Å². The number of carbonyl (C=O) groups is 2. The number of nitrogens with one attached hydrogen (secondary N) is 1. The Kier molecular flexibility index (Phi) is 5.43. The molecule has 26 heavy (non-hydrogen) atoms. The van der Waals surface area contributed by atoms with E-state index in [1.54, 1.807) is 48.5 Å². The van der Waals surface area contributed by atoms with Crippen LogP contribution in [0, 0.1) is 0 Å². The van der Waals surface area contributed by atoms with Crippen molar-refractivity contribution >= 4 is 29.0 Å². The molecule has 0 bridgehead atoms. The van der Waals surface area contributed by atoms with Gasteiger partial charge in [0, 0.05) is 29.0 Å². The largest absolute Gasteiger partial charge is 0.339 e. The highest BCUT2D eigenvalue weighted by Crippen LogP contribution is 2.19. The van der Waals surface area contributed by atoms with Gasteiger partial charge in [0.15, 0.2) is 5.78 Å². The lowest BCUT2D eigenvalue weighted by Gasteiger charge is -2.08. The molecule has 1 N–H and O–H groups in total. The second-order valence-electron chi connectivity index (χ2n) is 5.67. The van der Waals surface area contributed by atoms with E-state index in [2.05, 4.69) is 15.5 Å². The number of para-hydroxylation sites is 1. The highest BCUT2D eigenvalue weighted by Gasteiger charge is 2.13. The van der Waals surface area contributed by atoms with Gasteiger partial charge in [0.25, 0.3) is 0 Å². The number of hydrogen-bond donors (Lipinski definition) is 1. The van der Waals surface area contributed by atoms with Crippen molar-refractivity contribution < 1.29 is 14.1 Å². The highest BCUT2D eigenvalue weighted by molar-refractivity contribution is 6.30. The number of halogens is 1. The number of anilines is 1. The van der Waals surface area contributed by atoms with Crippen molar-refractivity contribution in [3.63, 3.8) is 0 Å². The van der Waals surface area contributed by atoms with Crippen molar-refractivity contribution in [3.8, 4) is 11.4 Å². The van der Waals surface area contributed by atoms with Crippen molar-refractivity contribution in [3.05, 3.63) is 65.0 Å². The van der Waals surface area contributed by atoms with E-state index >= 15 is 0 Å². The zero-order valence-electron chi connectivity index (χ0n) is 14.0. The number of ketones is 1. The Labute approximate surface area is 155 Å². The van der Waals surface area contributed by atoms with Crippen molar-refractivity contribution in [2.24, 2.45) is 0 Å². The quantitative estimate of drug-likeness (QED) is 0.659. The molecule has 1 heterocycles. The molecule has 6 nitrogen and oxygen atoms in total. The number of nitrogens with zero attached hydrogens (tertiary/aromatic N) is 2. The molecule has 0 radical (unpaired) electrons. The summed E-state index contributed by atoms with van der Waals surface area (Å²) in [4.78, 5) is 28.0. The first-order chi connectivity index (χ1) is 12.5. The van der Waals surface area contributed by atoms with E-state index in [1.807, 2.05) is 0 Å². The van der Waals surface area contributed by atoms with Crippen LogP contribution in [0.3, 0.4) is 0 Å². The standard InChI is InChI=1S/C19H16ClN3O3/c1-12(24)15-4-2-3-5-16(15)21-17(25)10-11-18-22-19(23-26-18)13-6-8-14(20)9-7-13/h2-9H,10-11H2,1H3,(H,21,25). The van der Waals surface area contributed by atoms with Crippen molar-refractivity contribution in [2.45, 2.75) is 19.8 Å². The Bertz CT molecular complexity index is 935. The summed E-state index contributed by atoms with van der Waals surface area (Å²) >= 11 is 5.86. The summed E-state index contributed by atoms with van der Waals surface area (Å²) < 4.78 is 5.18. The van der Waals surface area contributed by atoms with Gasteiger partial charge in [0.2, 0.25) is 17.6 Å². The average Bonchev–Trinajstić information content (AvgIpc) is 3.10. The SMILES string of the molecule is CC(=O)c1ccccc1NC(=O)CCc1nc(-c2ccc(Cl)cc2)no1. The number of carbonyl (C=O) groups excluding carboxylic acids is 2. The zero-order valence-corrected chi connectivity index (χ0v) is 14.8. The minimum absolute atomic E-state index is 0.106. The van der Waals surface area contributed by atoms with E-state index in [9.17, 15) is 9.59 Å². The van der Waals surface area contributed by atoms with Crippen molar-refractivity contribution in [2.75, 3.05) is 5.32 Å². The molecule has 0 spiro atoms. The summed E-state index contributed by atoms with van der Waals surface area (Å²) in [6, 6.07) is 14.0. The number of aromatic nitrogens is 2. The van der Waals surface area contributed by atoms with Crippen LogP contribution in [0.2, 0.25) is 5.02 Å². The molecule has 0 atom stereocenters. The van der Waals surface area contributed by atoms with Crippen LogP contribution in [0.5, 0.6) is 0 Å². The van der Waals surface area contributed by atoms with Crippen LogP contribution in [0.25, 0.3) is 11.4 Å². The number of rotatable bonds is 6. The summed E-state index contributed by atoms with van der Waals surface area (Å²) in [5.74, 6) is 0.472. The van der Waals surface area contributed by atoms with E-state index in [0.717, 1.165) is 5.56 Å². The van der Waals surface area contributed by atoms with Gasteiger partial charge in [0.1, 0.15) is 0 Å². The molecule has 3 rings (SSSR count). The predicted octanol–water partition coefficient (Wildman–Crippen LogP) is 4.16. The molecule has 0 unspecified atom stereocenters. The Morgan fingerprint density at radius 3 is 2.58 bits per heavy atom. The molecular formula is C19H16ClN3O3. The number of benzene rings is 2. The molecule has 0 aliphatic carbocycles. The summed E-state index contributed by atoms with van der Waals surface area (Å²) in [5.41, 5.74) is 1.75. The van der Waals surface area contributed by atoms with Gasteiger partial charge in [-0.2, -0.15) is 4.98 Å². The molecule has 132 valence electrons. The Morgan fingerprint density at radius 1 is 1.12 bits per heavy atom. The Balaban J connectivity index is 1.60. The summed E-state index contributed by atoms with van der Waals surface area (Å²) in [6.45, 7) is 1.46. The summed E-state index contributed by atoms with van der Waals surface area (Å²) in [6.07, 6.45) is 0.461. The maximum atomic E-state index is 12.1. The van der Waals surface area contributed by atoms with Crippen LogP contribution in [-0.4, -0.2) is 21.8 Å². The van der Waals surface area contributed by atoms with Gasteiger partial charge in [-0.3, -0.25) is 9.59 Å². The van der Waals surface area contributed by atoms with Crippen LogP contribution in [0.4, 0.5) is 5.69 Å². The molecular weight excluding hydrogens is 354 g/mol. The summed E-state index contributed by atoms with van der Waals surface area (Å²) in [7, 11) is 0. The van der Waals surface area contributed by atoms with Crippen molar-refractivity contribution in [1.82, 2.24) is 10.1 Å². The molecule has 7 heteroatoms. The van der Waals surface area contributed by atoms with E-state index in [1.165, 1.54) is 6.92 Å². The first-order valence-corrected chi connectivity index (χ1v) is 8.39. The van der Waals surface area contributed by atoms with Crippen molar-refractivity contribution in [1.29, 1.82) is 0 Å². The van der Waals surface area contributed by atoms with Gasteiger partial charge >= 0.3 is 0 Å². The third-order valence-electron chi connectivity index (χ3n) is 3.72. The minimum Gasteiger partial charge on any atom is -0.339 e. The lowest BCUT2D eigenvalue weighted by atomic mass is 10.1. The maximum absolute atomic E-state index is 12.1. The first kappa shape index (κ1) is 17.8. The molecule has 3 aromatic rings. The fourth-order valence-corrected chi connectivity index (χ4v) is 2.53. The Morgan fingerprint density at radius 2 is 1.85 bits per heavy atom. The second-order valence-corrected chi connectivity index (χ2v) is 6.10. The monoisotopic (exact) mass is 369 g/mol. The number of aryl methyl sites for hydroxylation is 1. The van der Waals surface area contributed by atoms with E-state index in [0.29, 0.717) is 34.4 Å². The van der Waals surface area contributed by atoms with Crippen LogP contribution < -0.4 is 5.32 Å². The van der Waals surface area contributed by atoms with Gasteiger partial charge in [0.05, 0.1) is 5.69 Å². The lowest BCUT2D eigenvalue weighted by Crippen LogP contribution is -2.14. The molecule has 2 aromatic carbocycles. The zero-order chi connectivity index (χ0) is 18.5. The van der Waals surface area contributed by atoms with Crippen LogP contribution in [0.1, 0.15) is 29.6 Å². The molecule has 0 saturated carbocycles. The van der Waals surface area contributed by atoms with Crippen LogP contribution in [0.15, 0.2) is 53.1 Å². The highest BCUT2D eigenvalue weighted by atomic mass is 35.5. The molecule has 1 amide bonds. The number of hydrogen-bond acceptors (Lipinski definition) is 5. The van der Waals surface area contributed by atoms with Gasteiger partial charge < -0.3 is 9.84 Å². The number of Topliss-reactive ketones (excluding diaryl/α,β-unsaturated/α-hetero) is 1. The topological polar surface area (TPSA) is 85.1 Å². The number of amides is 1. The predicted molar refractivity (Wildman–Crippen MR) is 98.1 cm³/mol. The van der Waals surface area contributed by atoms with E-state index in [4.69, 9.17) is 16.1 Å². The van der Waals surface area contributed by atoms with Gasteiger partial charge in [-0.1, -0.05) is 28.9 Å². The molecule has 0 saturated heterocycles. The van der Waals surface area contributed by atoms with Crippen LogP contribution in [-0.2, 0) is 11.2 Å². The fourth-order valence-electron chi connectivity index (χ4n) is 2.40. The van der Waals surface area contributed by atoms with Gasteiger partial charge in [-0.15, -0.1) is 0 Å². The normalized spacial score (nSPS) is 10.5. The maximum Gasteiger partial charge on any atom is 0.227 e. The van der Waals surface area contributed by atoms with Crippen LogP contribution >= 0.6 is 11.6 Å². The van der Waals surface area contributed by atoms with E-state index < -0.39 is 0 Å². The molecule has 0 fully saturated rings.